The summed E-state index contributed by atoms with van der Waals surface area (Å²) in [6.45, 7) is 12.5. The number of carbonyl (C=O) groups is 2. The molecule has 0 spiro atoms. The van der Waals surface area contributed by atoms with E-state index in [2.05, 4.69) is 10.3 Å². The standard InChI is InChI=1S/C18H30N4O2/c1-13-11-15(14(2)19-13)12-16(23)21-7-6-8-22(10-9-21)17(24)20-18(3,4)5/h11,19H,6-10,12H2,1-5H3,(H,20,24). The Balaban J connectivity index is 1.91. The van der Waals surface area contributed by atoms with Crippen molar-refractivity contribution < 1.29 is 9.59 Å². The van der Waals surface area contributed by atoms with Crippen molar-refractivity contribution in [3.8, 4) is 0 Å². The van der Waals surface area contributed by atoms with Gasteiger partial charge in [-0.15, -0.1) is 0 Å². The summed E-state index contributed by atoms with van der Waals surface area (Å²) in [5.74, 6) is 0.134. The van der Waals surface area contributed by atoms with Gasteiger partial charge in [-0.2, -0.15) is 0 Å². The lowest BCUT2D eigenvalue weighted by atomic mass is 10.1. The topological polar surface area (TPSA) is 68.4 Å². The number of aromatic amines is 1. The highest BCUT2D eigenvalue weighted by molar-refractivity contribution is 5.79. The molecule has 0 saturated carbocycles. The van der Waals surface area contributed by atoms with Crippen molar-refractivity contribution in [1.82, 2.24) is 20.1 Å². The molecule has 0 bridgehead atoms. The van der Waals surface area contributed by atoms with Crippen LogP contribution < -0.4 is 5.32 Å². The molecule has 6 heteroatoms. The van der Waals surface area contributed by atoms with E-state index in [-0.39, 0.29) is 17.5 Å². The second-order valence-electron chi connectivity index (χ2n) is 7.68. The van der Waals surface area contributed by atoms with Crippen molar-refractivity contribution in [2.45, 2.75) is 53.0 Å². The van der Waals surface area contributed by atoms with Gasteiger partial charge in [-0.05, 0) is 52.7 Å². The van der Waals surface area contributed by atoms with Crippen molar-refractivity contribution in [2.75, 3.05) is 26.2 Å². The first-order valence-electron chi connectivity index (χ1n) is 8.65. The zero-order valence-corrected chi connectivity index (χ0v) is 15.5. The van der Waals surface area contributed by atoms with Gasteiger partial charge in [-0.1, -0.05) is 0 Å². The van der Waals surface area contributed by atoms with Crippen LogP contribution in [0.4, 0.5) is 4.79 Å². The molecular weight excluding hydrogens is 304 g/mol. The Labute approximate surface area is 144 Å². The predicted octanol–water partition coefficient (Wildman–Crippen LogP) is 2.22. The van der Waals surface area contributed by atoms with Crippen LogP contribution >= 0.6 is 0 Å². The van der Waals surface area contributed by atoms with Crippen LogP contribution in [0.5, 0.6) is 0 Å². The number of H-pyrrole nitrogens is 1. The van der Waals surface area contributed by atoms with Crippen molar-refractivity contribution >= 4 is 11.9 Å². The first-order valence-corrected chi connectivity index (χ1v) is 8.65. The SMILES string of the molecule is Cc1cc(CC(=O)N2CCCN(C(=O)NC(C)(C)C)CC2)c(C)[nH]1. The monoisotopic (exact) mass is 334 g/mol. The fraction of sp³-hybridized carbons (Fsp3) is 0.667. The van der Waals surface area contributed by atoms with Crippen LogP contribution in [-0.4, -0.2) is 58.4 Å². The molecule has 1 saturated heterocycles. The number of hydrogen-bond donors (Lipinski definition) is 2. The maximum Gasteiger partial charge on any atom is 0.317 e. The molecule has 1 aliphatic heterocycles. The van der Waals surface area contributed by atoms with Crippen LogP contribution in [0.1, 0.15) is 44.1 Å². The van der Waals surface area contributed by atoms with Gasteiger partial charge in [-0.25, -0.2) is 4.79 Å². The fourth-order valence-electron chi connectivity index (χ4n) is 3.01. The predicted molar refractivity (Wildman–Crippen MR) is 95.0 cm³/mol. The molecule has 2 rings (SSSR count). The molecule has 2 N–H and O–H groups in total. The maximum absolute atomic E-state index is 12.6. The minimum Gasteiger partial charge on any atom is -0.362 e. The number of carbonyl (C=O) groups excluding carboxylic acids is 2. The average molecular weight is 334 g/mol. The molecule has 1 aliphatic rings. The van der Waals surface area contributed by atoms with Crippen LogP contribution in [0.3, 0.4) is 0 Å². The van der Waals surface area contributed by atoms with E-state index in [1.54, 1.807) is 0 Å². The summed E-state index contributed by atoms with van der Waals surface area (Å²) in [6, 6.07) is 1.99. The van der Waals surface area contributed by atoms with E-state index in [9.17, 15) is 9.59 Å². The van der Waals surface area contributed by atoms with Crippen LogP contribution in [-0.2, 0) is 11.2 Å². The van der Waals surface area contributed by atoms with Gasteiger partial charge < -0.3 is 20.1 Å². The number of urea groups is 1. The normalized spacial score (nSPS) is 16.0. The molecule has 0 unspecified atom stereocenters. The number of amides is 3. The van der Waals surface area contributed by atoms with Crippen LogP contribution in [0, 0.1) is 13.8 Å². The van der Waals surface area contributed by atoms with Crippen LogP contribution in [0.2, 0.25) is 0 Å². The zero-order valence-electron chi connectivity index (χ0n) is 15.5. The number of aryl methyl sites for hydroxylation is 2. The summed E-state index contributed by atoms with van der Waals surface area (Å²) in [5.41, 5.74) is 2.95. The summed E-state index contributed by atoms with van der Waals surface area (Å²) in [6.07, 6.45) is 1.23. The Bertz CT molecular complexity index is 601. The van der Waals surface area contributed by atoms with Crippen molar-refractivity contribution in [2.24, 2.45) is 0 Å². The molecule has 24 heavy (non-hydrogen) atoms. The minimum absolute atomic E-state index is 0.0473. The number of nitrogens with one attached hydrogen (secondary N) is 2. The number of aromatic nitrogens is 1. The van der Waals surface area contributed by atoms with Crippen LogP contribution in [0.15, 0.2) is 6.07 Å². The van der Waals surface area contributed by atoms with Crippen molar-refractivity contribution in [3.05, 3.63) is 23.0 Å². The fourth-order valence-corrected chi connectivity index (χ4v) is 3.01. The molecule has 1 fully saturated rings. The molecule has 1 aromatic rings. The van der Waals surface area contributed by atoms with E-state index in [1.165, 1.54) is 0 Å². The summed E-state index contributed by atoms with van der Waals surface area (Å²) < 4.78 is 0. The van der Waals surface area contributed by atoms with E-state index in [1.807, 2.05) is 50.5 Å². The summed E-state index contributed by atoms with van der Waals surface area (Å²) >= 11 is 0. The Kier molecular flexibility index (Phi) is 5.57. The number of rotatable bonds is 2. The van der Waals surface area contributed by atoms with E-state index < -0.39 is 0 Å². The van der Waals surface area contributed by atoms with Crippen molar-refractivity contribution in [1.29, 1.82) is 0 Å². The average Bonchev–Trinajstić information content (AvgIpc) is 2.66. The van der Waals surface area contributed by atoms with Crippen LogP contribution in [0.25, 0.3) is 0 Å². The first kappa shape index (κ1) is 18.4. The third-order valence-corrected chi connectivity index (χ3v) is 4.22. The number of nitrogens with zero attached hydrogens (tertiary/aromatic N) is 2. The van der Waals surface area contributed by atoms with Gasteiger partial charge in [-0.3, -0.25) is 4.79 Å². The van der Waals surface area contributed by atoms with Gasteiger partial charge in [0.2, 0.25) is 5.91 Å². The quantitative estimate of drug-likeness (QED) is 0.871. The van der Waals surface area contributed by atoms with E-state index >= 15 is 0 Å². The second kappa shape index (κ2) is 7.28. The Morgan fingerprint density at radius 2 is 1.75 bits per heavy atom. The molecule has 2 heterocycles. The van der Waals surface area contributed by atoms with Gasteiger partial charge in [0.1, 0.15) is 0 Å². The molecule has 0 atom stereocenters. The molecule has 0 aliphatic carbocycles. The largest absolute Gasteiger partial charge is 0.362 e. The van der Waals surface area contributed by atoms with E-state index in [0.29, 0.717) is 32.6 Å². The molecular formula is C18H30N4O2. The van der Waals surface area contributed by atoms with Gasteiger partial charge in [0.05, 0.1) is 6.42 Å². The van der Waals surface area contributed by atoms with Gasteiger partial charge in [0.25, 0.3) is 0 Å². The zero-order chi connectivity index (χ0) is 17.9. The van der Waals surface area contributed by atoms with Gasteiger partial charge >= 0.3 is 6.03 Å². The molecule has 3 amide bonds. The second-order valence-corrected chi connectivity index (χ2v) is 7.68. The van der Waals surface area contributed by atoms with Gasteiger partial charge in [0, 0.05) is 43.1 Å². The molecule has 0 aromatic carbocycles. The lowest BCUT2D eigenvalue weighted by Gasteiger charge is -2.27. The highest BCUT2D eigenvalue weighted by Gasteiger charge is 2.24. The third-order valence-electron chi connectivity index (χ3n) is 4.22. The minimum atomic E-state index is -0.247. The lowest BCUT2D eigenvalue weighted by molar-refractivity contribution is -0.130. The molecule has 0 radical (unpaired) electrons. The highest BCUT2D eigenvalue weighted by Crippen LogP contribution is 2.13. The summed E-state index contributed by atoms with van der Waals surface area (Å²) in [7, 11) is 0. The Morgan fingerprint density at radius 1 is 1.12 bits per heavy atom. The van der Waals surface area contributed by atoms with E-state index in [0.717, 1.165) is 23.4 Å². The number of hydrogen-bond acceptors (Lipinski definition) is 2. The smallest absolute Gasteiger partial charge is 0.317 e. The Hall–Kier alpha value is -1.98. The first-order chi connectivity index (χ1) is 11.2. The molecule has 134 valence electrons. The van der Waals surface area contributed by atoms with E-state index in [4.69, 9.17) is 0 Å². The van der Waals surface area contributed by atoms with Gasteiger partial charge in [0.15, 0.2) is 0 Å². The Morgan fingerprint density at radius 3 is 2.33 bits per heavy atom. The maximum atomic E-state index is 12.6. The molecule has 6 nitrogen and oxygen atoms in total. The van der Waals surface area contributed by atoms with Crippen molar-refractivity contribution in [3.63, 3.8) is 0 Å². The summed E-state index contributed by atoms with van der Waals surface area (Å²) in [4.78, 5) is 31.8. The summed E-state index contributed by atoms with van der Waals surface area (Å²) in [5, 5.41) is 2.99. The molecule has 1 aromatic heterocycles. The third kappa shape index (κ3) is 5.01. The lowest BCUT2D eigenvalue weighted by Crippen LogP contribution is -2.49. The highest BCUT2D eigenvalue weighted by atomic mass is 16.2.